The van der Waals surface area contributed by atoms with Crippen LogP contribution < -0.4 is 10.6 Å². The average Bonchev–Trinajstić information content (AvgIpc) is 2.77. The van der Waals surface area contributed by atoms with Crippen LogP contribution in [-0.2, 0) is 4.57 Å². The molecule has 0 bridgehead atoms. The summed E-state index contributed by atoms with van der Waals surface area (Å²) in [4.78, 5) is 0. The van der Waals surface area contributed by atoms with E-state index in [1.165, 1.54) is 22.3 Å². The molecule has 0 aliphatic carbocycles. The van der Waals surface area contributed by atoms with Gasteiger partial charge in [0.05, 0.1) is 5.66 Å². The van der Waals surface area contributed by atoms with Crippen LogP contribution in [0.25, 0.3) is 0 Å². The summed E-state index contributed by atoms with van der Waals surface area (Å²) in [5, 5.41) is 1.79. The molecule has 0 aliphatic heterocycles. The summed E-state index contributed by atoms with van der Waals surface area (Å²) in [6.45, 7) is 6.41. The van der Waals surface area contributed by atoms with Crippen LogP contribution in [0.2, 0.25) is 0 Å². The standard InChI is InChI=1S/C28H27OP/c1-21-19-22(2)27(23(3)20-21)28(24-13-7-4-8-14-24)30(29,25-15-9-5-10-16-25)26-17-11-6-12-18-26/h4-20,28H,1-3H3. The number of hydrogen-bond donors (Lipinski definition) is 0. The first-order valence-electron chi connectivity index (χ1n) is 10.4. The Morgan fingerprint density at radius 3 is 1.43 bits per heavy atom. The Balaban J connectivity index is 2.10. The maximum absolute atomic E-state index is 15.3. The molecule has 0 amide bonds. The van der Waals surface area contributed by atoms with Crippen LogP contribution in [0.1, 0.15) is 33.5 Å². The van der Waals surface area contributed by atoms with Gasteiger partial charge in [-0.2, -0.15) is 0 Å². The molecule has 0 N–H and O–H groups in total. The normalized spacial score (nSPS) is 12.5. The molecule has 1 nitrogen and oxygen atoms in total. The van der Waals surface area contributed by atoms with E-state index in [4.69, 9.17) is 0 Å². The first-order valence-corrected chi connectivity index (χ1v) is 12.1. The summed E-state index contributed by atoms with van der Waals surface area (Å²) in [5.41, 5.74) is 5.62. The molecule has 4 rings (SSSR count). The summed E-state index contributed by atoms with van der Waals surface area (Å²) in [6, 6.07) is 34.7. The Hall–Kier alpha value is -2.89. The van der Waals surface area contributed by atoms with Gasteiger partial charge in [-0.1, -0.05) is 109 Å². The molecule has 1 atom stereocenters. The van der Waals surface area contributed by atoms with Crippen molar-refractivity contribution in [1.82, 2.24) is 0 Å². The maximum Gasteiger partial charge on any atom is 0.154 e. The Morgan fingerprint density at radius 1 is 0.600 bits per heavy atom. The molecule has 150 valence electrons. The van der Waals surface area contributed by atoms with Gasteiger partial charge in [0.25, 0.3) is 0 Å². The van der Waals surface area contributed by atoms with E-state index in [9.17, 15) is 0 Å². The van der Waals surface area contributed by atoms with Crippen molar-refractivity contribution in [1.29, 1.82) is 0 Å². The van der Waals surface area contributed by atoms with E-state index in [-0.39, 0.29) is 5.66 Å². The fourth-order valence-electron chi connectivity index (χ4n) is 4.56. The molecule has 0 saturated heterocycles. The van der Waals surface area contributed by atoms with Gasteiger partial charge in [0.1, 0.15) is 0 Å². The van der Waals surface area contributed by atoms with Crippen LogP contribution in [0.3, 0.4) is 0 Å². The second-order valence-corrected chi connectivity index (χ2v) is 10.8. The largest absolute Gasteiger partial charge is 0.313 e. The lowest BCUT2D eigenvalue weighted by Crippen LogP contribution is -2.23. The quantitative estimate of drug-likeness (QED) is 0.334. The topological polar surface area (TPSA) is 17.1 Å². The lowest BCUT2D eigenvalue weighted by atomic mass is 9.94. The van der Waals surface area contributed by atoms with Gasteiger partial charge < -0.3 is 4.57 Å². The number of hydrogen-bond acceptors (Lipinski definition) is 1. The van der Waals surface area contributed by atoms with Gasteiger partial charge in [0.2, 0.25) is 0 Å². The van der Waals surface area contributed by atoms with Crippen molar-refractivity contribution in [3.63, 3.8) is 0 Å². The zero-order valence-corrected chi connectivity index (χ0v) is 18.6. The molecule has 0 aliphatic rings. The molecule has 2 heteroatoms. The molecule has 4 aromatic rings. The van der Waals surface area contributed by atoms with Crippen molar-refractivity contribution in [3.8, 4) is 0 Å². The van der Waals surface area contributed by atoms with Crippen molar-refractivity contribution >= 4 is 17.8 Å². The van der Waals surface area contributed by atoms with E-state index in [1.807, 2.05) is 78.9 Å². The molecular weight excluding hydrogens is 383 g/mol. The Labute approximate surface area is 179 Å². The van der Waals surface area contributed by atoms with Gasteiger partial charge >= 0.3 is 0 Å². The van der Waals surface area contributed by atoms with Gasteiger partial charge in [-0.25, -0.2) is 0 Å². The summed E-state index contributed by atoms with van der Waals surface area (Å²) < 4.78 is 15.3. The highest BCUT2D eigenvalue weighted by atomic mass is 31.2. The Morgan fingerprint density at radius 2 is 1.00 bits per heavy atom. The second-order valence-electron chi connectivity index (χ2n) is 7.95. The molecule has 30 heavy (non-hydrogen) atoms. The molecule has 1 unspecified atom stereocenters. The van der Waals surface area contributed by atoms with Crippen molar-refractivity contribution in [2.24, 2.45) is 0 Å². The number of aryl methyl sites for hydroxylation is 3. The predicted molar refractivity (Wildman–Crippen MR) is 129 cm³/mol. The van der Waals surface area contributed by atoms with Crippen LogP contribution in [0.5, 0.6) is 0 Å². The van der Waals surface area contributed by atoms with Crippen molar-refractivity contribution in [2.45, 2.75) is 26.4 Å². The third-order valence-electron chi connectivity index (χ3n) is 5.77. The van der Waals surface area contributed by atoms with Gasteiger partial charge in [-0.15, -0.1) is 0 Å². The van der Waals surface area contributed by atoms with Crippen molar-refractivity contribution in [3.05, 3.63) is 131 Å². The second kappa shape index (κ2) is 8.46. The van der Waals surface area contributed by atoms with Crippen molar-refractivity contribution in [2.75, 3.05) is 0 Å². The zero-order valence-electron chi connectivity index (χ0n) is 17.7. The predicted octanol–water partition coefficient (Wildman–Crippen LogP) is 6.72. The van der Waals surface area contributed by atoms with Crippen molar-refractivity contribution < 1.29 is 4.57 Å². The fourth-order valence-corrected chi connectivity index (χ4v) is 8.05. The fraction of sp³-hybridized carbons (Fsp3) is 0.143. The first kappa shape index (κ1) is 20.4. The van der Waals surface area contributed by atoms with Crippen LogP contribution in [0, 0.1) is 20.8 Å². The SMILES string of the molecule is Cc1cc(C)c(C(c2ccccc2)P(=O)(c2ccccc2)c2ccccc2)c(C)c1. The highest BCUT2D eigenvalue weighted by Crippen LogP contribution is 2.61. The molecule has 0 spiro atoms. The third kappa shape index (κ3) is 3.66. The maximum atomic E-state index is 15.3. The highest BCUT2D eigenvalue weighted by Gasteiger charge is 2.40. The lowest BCUT2D eigenvalue weighted by molar-refractivity contribution is 0.582. The van der Waals surface area contributed by atoms with Crippen LogP contribution >= 0.6 is 7.14 Å². The van der Waals surface area contributed by atoms with Gasteiger partial charge in [0, 0.05) is 10.6 Å². The minimum Gasteiger partial charge on any atom is -0.313 e. The van der Waals surface area contributed by atoms with E-state index in [0.717, 1.165) is 16.2 Å². The monoisotopic (exact) mass is 410 g/mol. The van der Waals surface area contributed by atoms with E-state index < -0.39 is 7.14 Å². The summed E-state index contributed by atoms with van der Waals surface area (Å²) >= 11 is 0. The number of benzene rings is 4. The molecule has 0 aromatic heterocycles. The van der Waals surface area contributed by atoms with Gasteiger partial charge in [-0.3, -0.25) is 0 Å². The smallest absolute Gasteiger partial charge is 0.154 e. The highest BCUT2D eigenvalue weighted by molar-refractivity contribution is 7.79. The van der Waals surface area contributed by atoms with E-state index in [0.29, 0.717) is 0 Å². The van der Waals surface area contributed by atoms with E-state index in [1.54, 1.807) is 0 Å². The van der Waals surface area contributed by atoms with Gasteiger partial charge in [0.15, 0.2) is 7.14 Å². The van der Waals surface area contributed by atoms with Crippen LogP contribution in [-0.4, -0.2) is 0 Å². The lowest BCUT2D eigenvalue weighted by Gasteiger charge is -2.32. The average molecular weight is 410 g/mol. The zero-order chi connectivity index (χ0) is 21.1. The van der Waals surface area contributed by atoms with Gasteiger partial charge in [-0.05, 0) is 43.0 Å². The molecule has 0 saturated carbocycles. The molecule has 0 heterocycles. The minimum atomic E-state index is -3.05. The van der Waals surface area contributed by atoms with Crippen LogP contribution in [0.4, 0.5) is 0 Å². The molecule has 4 aromatic carbocycles. The van der Waals surface area contributed by atoms with E-state index >= 15 is 4.57 Å². The molecule has 0 fully saturated rings. The summed E-state index contributed by atoms with van der Waals surface area (Å²) in [7, 11) is -3.05. The summed E-state index contributed by atoms with van der Waals surface area (Å²) in [6.07, 6.45) is 0. The third-order valence-corrected chi connectivity index (χ3v) is 9.18. The first-order chi connectivity index (χ1) is 14.5. The number of rotatable bonds is 5. The molecule has 0 radical (unpaired) electrons. The minimum absolute atomic E-state index is 0.246. The summed E-state index contributed by atoms with van der Waals surface area (Å²) in [5.74, 6) is 0. The van der Waals surface area contributed by atoms with Crippen LogP contribution in [0.15, 0.2) is 103 Å². The van der Waals surface area contributed by atoms with E-state index in [2.05, 4.69) is 45.0 Å². The Bertz CT molecular complexity index is 1110. The Kier molecular flexibility index (Phi) is 5.75. The molecular formula is C28H27OP.